The van der Waals surface area contributed by atoms with Gasteiger partial charge in [0.1, 0.15) is 6.54 Å². The zero-order valence-electron chi connectivity index (χ0n) is 16.5. The van der Waals surface area contributed by atoms with Crippen molar-refractivity contribution in [2.45, 2.75) is 6.54 Å². The molecule has 0 saturated carbocycles. The van der Waals surface area contributed by atoms with Crippen LogP contribution < -0.4 is 10.2 Å². The van der Waals surface area contributed by atoms with Crippen molar-refractivity contribution >= 4 is 74.9 Å². The summed E-state index contributed by atoms with van der Waals surface area (Å²) < 4.78 is 1.53. The molecule has 0 spiro atoms. The second kappa shape index (κ2) is 8.04. The lowest BCUT2D eigenvalue weighted by atomic mass is 10.2. The number of hydrogen-bond donors (Lipinski definition) is 1. The average Bonchev–Trinajstić information content (AvgIpc) is 3.50. The zero-order chi connectivity index (χ0) is 22.6. The number of rotatable bonds is 4. The molecule has 164 valence electrons. The Bertz CT molecular complexity index is 1300. The molecular weight excluding hydrogens is 497 g/mol. The summed E-state index contributed by atoms with van der Waals surface area (Å²) in [6.07, 6.45) is 1.49. The largest absolute Gasteiger partial charge is 0.315 e. The van der Waals surface area contributed by atoms with E-state index >= 15 is 0 Å². The minimum Gasteiger partial charge on any atom is -0.315 e. The number of halogens is 3. The van der Waals surface area contributed by atoms with Crippen molar-refractivity contribution < 1.29 is 9.59 Å². The van der Waals surface area contributed by atoms with Crippen molar-refractivity contribution in [3.05, 3.63) is 44.6 Å². The lowest BCUT2D eigenvalue weighted by Crippen LogP contribution is -2.48. The maximum atomic E-state index is 12.8. The average molecular weight is 511 g/mol. The summed E-state index contributed by atoms with van der Waals surface area (Å²) in [7, 11) is 1.66. The molecule has 2 amide bonds. The van der Waals surface area contributed by atoms with Crippen LogP contribution in [0.1, 0.15) is 10.5 Å². The van der Waals surface area contributed by atoms with Gasteiger partial charge >= 0.3 is 0 Å². The monoisotopic (exact) mass is 509 g/mol. The molecule has 0 aliphatic carbocycles. The summed E-state index contributed by atoms with van der Waals surface area (Å²) in [6, 6.07) is 3.35. The highest BCUT2D eigenvalue weighted by molar-refractivity contribution is 7.14. The van der Waals surface area contributed by atoms with Crippen LogP contribution in [0.2, 0.25) is 15.1 Å². The summed E-state index contributed by atoms with van der Waals surface area (Å²) in [5.74, 6) is 0.493. The fourth-order valence-electron chi connectivity index (χ4n) is 3.57. The molecule has 1 aromatic carbocycles. The topological polar surface area (TPSA) is 95.7 Å². The summed E-state index contributed by atoms with van der Waals surface area (Å²) >= 11 is 19.6. The van der Waals surface area contributed by atoms with Gasteiger partial charge < -0.3 is 9.88 Å². The number of carbonyl (C=O) groups is 2. The third kappa shape index (κ3) is 3.43. The Kier molecular flexibility index (Phi) is 5.32. The summed E-state index contributed by atoms with van der Waals surface area (Å²) in [4.78, 5) is 41.9. The zero-order valence-corrected chi connectivity index (χ0v) is 19.6. The van der Waals surface area contributed by atoms with Crippen molar-refractivity contribution in [3.63, 3.8) is 0 Å². The maximum Gasteiger partial charge on any atom is 0.280 e. The van der Waals surface area contributed by atoms with E-state index in [2.05, 4.69) is 20.3 Å². The number of carbonyl (C=O) groups excluding carboxylic acids is 2. The van der Waals surface area contributed by atoms with Crippen molar-refractivity contribution in [3.8, 4) is 11.3 Å². The van der Waals surface area contributed by atoms with E-state index in [0.29, 0.717) is 57.0 Å². The van der Waals surface area contributed by atoms with Gasteiger partial charge in [0.2, 0.25) is 11.9 Å². The predicted octanol–water partition coefficient (Wildman–Crippen LogP) is 3.87. The van der Waals surface area contributed by atoms with Crippen LogP contribution in [0.25, 0.3) is 11.3 Å². The first-order valence-electron chi connectivity index (χ1n) is 9.39. The van der Waals surface area contributed by atoms with Gasteiger partial charge in [-0.25, -0.2) is 9.97 Å². The lowest BCUT2D eigenvalue weighted by Gasteiger charge is -2.30. The highest BCUT2D eigenvalue weighted by atomic mass is 35.5. The Morgan fingerprint density at radius 2 is 2.06 bits per heavy atom. The Hall–Kier alpha value is -2.66. The fourth-order valence-corrected chi connectivity index (χ4v) is 4.93. The van der Waals surface area contributed by atoms with E-state index in [4.69, 9.17) is 34.8 Å². The van der Waals surface area contributed by atoms with Gasteiger partial charge in [0.15, 0.2) is 16.6 Å². The van der Waals surface area contributed by atoms with Crippen LogP contribution in [0.5, 0.6) is 0 Å². The predicted molar refractivity (Wildman–Crippen MR) is 125 cm³/mol. The van der Waals surface area contributed by atoms with E-state index in [1.807, 2.05) is 4.90 Å². The van der Waals surface area contributed by atoms with Crippen LogP contribution in [0.4, 0.5) is 10.9 Å². The highest BCUT2D eigenvalue weighted by Gasteiger charge is 2.38. The molecule has 5 rings (SSSR count). The molecule has 2 aromatic heterocycles. The van der Waals surface area contributed by atoms with Crippen molar-refractivity contribution in [2.75, 3.05) is 30.4 Å². The lowest BCUT2D eigenvalue weighted by molar-refractivity contribution is -0.116. The molecule has 0 fully saturated rings. The number of hydrogen-bond acceptors (Lipinski definition) is 7. The quantitative estimate of drug-likeness (QED) is 0.538. The SMILES string of the molecule is CN1C(=O)c2c(ncn2CC(=O)Nc2nc(-c3ccc(Cl)c(Cl)c3Cl)cs2)N2CCN=C12. The third-order valence-electron chi connectivity index (χ3n) is 5.08. The van der Waals surface area contributed by atoms with Gasteiger partial charge in [0, 0.05) is 24.5 Å². The molecule has 9 nitrogen and oxygen atoms in total. The number of fused-ring (bicyclic) bond motifs is 3. The normalized spacial score (nSPS) is 15.0. The van der Waals surface area contributed by atoms with Gasteiger partial charge in [0.05, 0.1) is 33.6 Å². The molecule has 32 heavy (non-hydrogen) atoms. The molecule has 3 aromatic rings. The number of aromatic nitrogens is 3. The number of thiazole rings is 1. The van der Waals surface area contributed by atoms with Crippen LogP contribution in [0.3, 0.4) is 0 Å². The molecule has 0 saturated heterocycles. The first-order chi connectivity index (χ1) is 15.3. The minimum absolute atomic E-state index is 0.0926. The van der Waals surface area contributed by atoms with Crippen molar-refractivity contribution in [2.24, 2.45) is 4.99 Å². The Morgan fingerprint density at radius 1 is 1.25 bits per heavy atom. The van der Waals surface area contributed by atoms with Crippen LogP contribution in [-0.2, 0) is 11.3 Å². The van der Waals surface area contributed by atoms with Gasteiger partial charge in [-0.3, -0.25) is 24.4 Å². The molecular formula is C19H14Cl3N7O2S. The Morgan fingerprint density at radius 3 is 2.88 bits per heavy atom. The number of benzene rings is 1. The molecule has 0 radical (unpaired) electrons. The number of imidazole rings is 1. The minimum atomic E-state index is -0.345. The van der Waals surface area contributed by atoms with Gasteiger partial charge in [-0.05, 0) is 12.1 Å². The highest BCUT2D eigenvalue weighted by Crippen LogP contribution is 2.38. The number of amides is 2. The maximum absolute atomic E-state index is 12.8. The van der Waals surface area contributed by atoms with Gasteiger partial charge in [-0.15, -0.1) is 11.3 Å². The molecule has 0 unspecified atom stereocenters. The fraction of sp³-hybridized carbons (Fsp3) is 0.211. The molecule has 4 heterocycles. The molecule has 1 N–H and O–H groups in total. The Balaban J connectivity index is 1.34. The van der Waals surface area contributed by atoms with E-state index < -0.39 is 0 Å². The van der Waals surface area contributed by atoms with E-state index in [9.17, 15) is 9.59 Å². The van der Waals surface area contributed by atoms with Crippen molar-refractivity contribution in [1.82, 2.24) is 19.4 Å². The van der Waals surface area contributed by atoms with Crippen LogP contribution in [-0.4, -0.2) is 57.3 Å². The standard InChI is InChI=1S/C19H14Cl3N7O2S/c1-27-17(31)15-16(29-5-4-23-19(27)29)24-8-28(15)6-12(30)26-18-25-11(7-32-18)9-2-3-10(20)14(22)13(9)21/h2-3,7-8H,4-6H2,1H3,(H,25,26,30). The Labute approximate surface area is 201 Å². The number of nitrogens with zero attached hydrogens (tertiary/aromatic N) is 6. The third-order valence-corrected chi connectivity index (χ3v) is 7.13. The first-order valence-corrected chi connectivity index (χ1v) is 11.4. The number of guanidine groups is 1. The van der Waals surface area contributed by atoms with Gasteiger partial charge in [0.25, 0.3) is 5.91 Å². The van der Waals surface area contributed by atoms with Crippen molar-refractivity contribution in [1.29, 1.82) is 0 Å². The summed E-state index contributed by atoms with van der Waals surface area (Å²) in [6.45, 7) is 1.14. The molecule has 13 heteroatoms. The molecule has 2 aliphatic heterocycles. The number of aliphatic imine (C=N–C) groups is 1. The van der Waals surface area contributed by atoms with E-state index in [1.54, 1.807) is 24.6 Å². The second-order valence-corrected chi connectivity index (χ2v) is 9.07. The smallest absolute Gasteiger partial charge is 0.280 e. The van der Waals surface area contributed by atoms with E-state index in [0.717, 1.165) is 0 Å². The summed E-state index contributed by atoms with van der Waals surface area (Å²) in [5, 5.41) is 5.78. The molecule has 0 atom stereocenters. The van der Waals surface area contributed by atoms with E-state index in [-0.39, 0.29) is 23.4 Å². The van der Waals surface area contributed by atoms with Gasteiger partial charge in [-0.1, -0.05) is 34.8 Å². The number of anilines is 2. The van der Waals surface area contributed by atoms with Crippen LogP contribution in [0, 0.1) is 0 Å². The molecule has 0 bridgehead atoms. The second-order valence-electron chi connectivity index (χ2n) is 7.05. The summed E-state index contributed by atoms with van der Waals surface area (Å²) in [5.41, 5.74) is 1.52. The van der Waals surface area contributed by atoms with E-state index in [1.165, 1.54) is 27.1 Å². The van der Waals surface area contributed by atoms with Gasteiger partial charge in [-0.2, -0.15) is 0 Å². The van der Waals surface area contributed by atoms with Crippen LogP contribution in [0.15, 0.2) is 28.8 Å². The first kappa shape index (κ1) is 21.2. The molecule has 2 aliphatic rings. The van der Waals surface area contributed by atoms with Crippen LogP contribution >= 0.6 is 46.1 Å². The number of nitrogens with one attached hydrogen (secondary N) is 1.